The van der Waals surface area contributed by atoms with Gasteiger partial charge in [-0.1, -0.05) is 12.1 Å². The maximum atomic E-state index is 11.6. The minimum Gasteiger partial charge on any atom is -0.466 e. The van der Waals surface area contributed by atoms with E-state index in [4.69, 9.17) is 9.73 Å². The molecule has 2 aliphatic rings. The van der Waals surface area contributed by atoms with E-state index in [9.17, 15) is 4.79 Å². The number of ether oxygens (including phenoxy) is 1. The molecule has 0 spiro atoms. The third-order valence-corrected chi connectivity index (χ3v) is 6.14. The Bertz CT molecular complexity index is 870. The zero-order valence-corrected chi connectivity index (χ0v) is 16.5. The summed E-state index contributed by atoms with van der Waals surface area (Å²) in [6, 6.07) is 7.23. The van der Waals surface area contributed by atoms with Crippen molar-refractivity contribution in [3.63, 3.8) is 0 Å². The van der Waals surface area contributed by atoms with E-state index in [1.807, 2.05) is 13.8 Å². The molecule has 1 aromatic carbocycles. The number of likely N-dealkylation sites (tertiary alicyclic amines) is 1. The van der Waals surface area contributed by atoms with Crippen molar-refractivity contribution < 1.29 is 9.53 Å². The van der Waals surface area contributed by atoms with Gasteiger partial charge in [-0.25, -0.2) is 0 Å². The summed E-state index contributed by atoms with van der Waals surface area (Å²) in [5.41, 5.74) is 5.07. The van der Waals surface area contributed by atoms with Crippen molar-refractivity contribution in [3.05, 3.63) is 35.5 Å². The highest BCUT2D eigenvalue weighted by Gasteiger charge is 2.39. The number of rotatable bonds is 5. The first-order valence-electron chi connectivity index (χ1n) is 10.0. The summed E-state index contributed by atoms with van der Waals surface area (Å²) < 4.78 is 5.02. The van der Waals surface area contributed by atoms with Crippen LogP contribution in [0.5, 0.6) is 0 Å². The Morgan fingerprint density at radius 2 is 2.26 bits per heavy atom. The Labute approximate surface area is 160 Å². The predicted octanol–water partition coefficient (Wildman–Crippen LogP) is 3.54. The van der Waals surface area contributed by atoms with Crippen LogP contribution in [0.1, 0.15) is 43.7 Å². The lowest BCUT2D eigenvalue weighted by Crippen LogP contribution is -2.48. The van der Waals surface area contributed by atoms with Crippen molar-refractivity contribution in [1.82, 2.24) is 9.88 Å². The molecule has 1 aliphatic carbocycles. The molecule has 2 heterocycles. The van der Waals surface area contributed by atoms with Crippen LogP contribution in [-0.4, -0.2) is 54.4 Å². The second kappa shape index (κ2) is 7.47. The lowest BCUT2D eigenvalue weighted by molar-refractivity contribution is -0.141. The van der Waals surface area contributed by atoms with Gasteiger partial charge in [0.25, 0.3) is 0 Å². The summed E-state index contributed by atoms with van der Waals surface area (Å²) in [4.78, 5) is 22.3. The molecule has 5 nitrogen and oxygen atoms in total. The monoisotopic (exact) mass is 367 g/mol. The van der Waals surface area contributed by atoms with E-state index in [1.165, 1.54) is 22.0 Å². The van der Waals surface area contributed by atoms with Gasteiger partial charge in [0.1, 0.15) is 0 Å². The van der Waals surface area contributed by atoms with Crippen LogP contribution in [0.25, 0.3) is 10.9 Å². The molecule has 1 aliphatic heterocycles. The van der Waals surface area contributed by atoms with Crippen LogP contribution in [-0.2, 0) is 16.0 Å². The van der Waals surface area contributed by atoms with Crippen molar-refractivity contribution in [1.29, 1.82) is 0 Å². The number of aromatic amines is 1. The van der Waals surface area contributed by atoms with Crippen molar-refractivity contribution in [2.24, 2.45) is 10.9 Å². The zero-order chi connectivity index (χ0) is 19.0. The van der Waals surface area contributed by atoms with Crippen molar-refractivity contribution in [3.8, 4) is 0 Å². The number of piperidine rings is 1. The number of carbonyl (C=O) groups is 1. The second-order valence-corrected chi connectivity index (χ2v) is 8.06. The molecule has 0 radical (unpaired) electrons. The van der Waals surface area contributed by atoms with Crippen LogP contribution in [0, 0.1) is 5.92 Å². The van der Waals surface area contributed by atoms with Crippen LogP contribution in [0.15, 0.2) is 29.4 Å². The van der Waals surface area contributed by atoms with Crippen LogP contribution in [0.3, 0.4) is 0 Å². The van der Waals surface area contributed by atoms with E-state index in [2.05, 4.69) is 41.3 Å². The quantitative estimate of drug-likeness (QED) is 0.649. The summed E-state index contributed by atoms with van der Waals surface area (Å²) in [5.74, 6) is 0.893. The van der Waals surface area contributed by atoms with E-state index in [1.54, 1.807) is 0 Å². The van der Waals surface area contributed by atoms with Gasteiger partial charge >= 0.3 is 5.97 Å². The van der Waals surface area contributed by atoms with E-state index >= 15 is 0 Å². The topological polar surface area (TPSA) is 57.7 Å². The van der Waals surface area contributed by atoms with E-state index in [0.717, 1.165) is 31.6 Å². The van der Waals surface area contributed by atoms with Crippen molar-refractivity contribution in [2.45, 2.75) is 45.1 Å². The highest BCUT2D eigenvalue weighted by molar-refractivity contribution is 5.97. The fourth-order valence-electron chi connectivity index (χ4n) is 4.95. The highest BCUT2D eigenvalue weighted by Crippen LogP contribution is 2.44. The summed E-state index contributed by atoms with van der Waals surface area (Å²) in [7, 11) is 2.25. The molecule has 1 N–H and O–H groups in total. The number of aromatic nitrogens is 1. The first-order chi connectivity index (χ1) is 13.1. The van der Waals surface area contributed by atoms with Gasteiger partial charge in [-0.3, -0.25) is 9.79 Å². The first kappa shape index (κ1) is 18.2. The van der Waals surface area contributed by atoms with Gasteiger partial charge in [-0.15, -0.1) is 0 Å². The second-order valence-electron chi connectivity index (χ2n) is 8.06. The van der Waals surface area contributed by atoms with Gasteiger partial charge in [0, 0.05) is 47.9 Å². The van der Waals surface area contributed by atoms with Crippen molar-refractivity contribution in [2.75, 3.05) is 26.7 Å². The molecule has 0 saturated carbocycles. The van der Waals surface area contributed by atoms with Crippen LogP contribution in [0.4, 0.5) is 0 Å². The molecule has 5 heteroatoms. The van der Waals surface area contributed by atoms with Crippen LogP contribution >= 0.6 is 0 Å². The van der Waals surface area contributed by atoms with Gasteiger partial charge in [0.05, 0.1) is 13.0 Å². The normalized spacial score (nSPS) is 25.4. The Morgan fingerprint density at radius 3 is 3.07 bits per heavy atom. The Kier molecular flexibility index (Phi) is 5.04. The maximum Gasteiger partial charge on any atom is 0.311 e. The maximum absolute atomic E-state index is 11.6. The lowest BCUT2D eigenvalue weighted by Gasteiger charge is -2.45. The predicted molar refractivity (Wildman–Crippen MR) is 108 cm³/mol. The molecule has 1 aromatic heterocycles. The molecule has 27 heavy (non-hydrogen) atoms. The highest BCUT2D eigenvalue weighted by atomic mass is 16.5. The zero-order valence-electron chi connectivity index (χ0n) is 16.5. The van der Waals surface area contributed by atoms with Gasteiger partial charge in [0.15, 0.2) is 0 Å². The molecule has 2 unspecified atom stereocenters. The molecule has 0 amide bonds. The average molecular weight is 367 g/mol. The number of fused-ring (bicyclic) bond motifs is 2. The summed E-state index contributed by atoms with van der Waals surface area (Å²) in [5, 5.41) is 1.44. The SMILES string of the molecule is CCOC(=O)CC(C)=NCC1CC2c3cccc4[nH]cc(c34)C[C@H]2N(C)C1. The Morgan fingerprint density at radius 1 is 1.41 bits per heavy atom. The number of nitrogens with zero attached hydrogens (tertiary/aromatic N) is 2. The lowest BCUT2D eigenvalue weighted by atomic mass is 9.72. The Hall–Kier alpha value is -2.14. The molecule has 4 rings (SSSR count). The molecule has 2 aromatic rings. The first-order valence-corrected chi connectivity index (χ1v) is 10.0. The minimum absolute atomic E-state index is 0.182. The Balaban J connectivity index is 1.50. The number of H-pyrrole nitrogens is 1. The fourth-order valence-corrected chi connectivity index (χ4v) is 4.95. The van der Waals surface area contributed by atoms with Crippen LogP contribution < -0.4 is 0 Å². The smallest absolute Gasteiger partial charge is 0.311 e. The van der Waals surface area contributed by atoms with E-state index in [-0.39, 0.29) is 5.97 Å². The van der Waals surface area contributed by atoms with Gasteiger partial charge in [0.2, 0.25) is 0 Å². The average Bonchev–Trinajstić information content (AvgIpc) is 3.06. The molecule has 3 atom stereocenters. The minimum atomic E-state index is -0.182. The largest absolute Gasteiger partial charge is 0.466 e. The molecule has 1 fully saturated rings. The standard InChI is InChI=1S/C22H29N3O2/c1-4-27-21(26)8-14(2)23-11-15-9-18-17-6-5-7-19-22(17)16(12-24-19)10-20(18)25(3)13-15/h5-7,12,15,18,20,24H,4,8-11,13H2,1-3H3/t15?,18?,20-/m1/s1. The number of hydrogen-bond acceptors (Lipinski definition) is 4. The third-order valence-electron chi connectivity index (χ3n) is 6.14. The van der Waals surface area contributed by atoms with E-state index < -0.39 is 0 Å². The fraction of sp³-hybridized carbons (Fsp3) is 0.545. The van der Waals surface area contributed by atoms with Gasteiger partial charge < -0.3 is 14.6 Å². The number of esters is 1. The van der Waals surface area contributed by atoms with Gasteiger partial charge in [-0.05, 0) is 56.8 Å². The molecule has 1 saturated heterocycles. The summed E-state index contributed by atoms with van der Waals surface area (Å²) in [6.45, 7) is 6.04. The van der Waals surface area contributed by atoms with Crippen molar-refractivity contribution >= 4 is 22.6 Å². The number of benzene rings is 1. The number of nitrogens with one attached hydrogen (secondary N) is 1. The molecular weight excluding hydrogens is 338 g/mol. The molecular formula is C22H29N3O2. The third kappa shape index (κ3) is 3.53. The summed E-state index contributed by atoms with van der Waals surface area (Å²) >= 11 is 0. The van der Waals surface area contributed by atoms with E-state index in [0.29, 0.717) is 30.9 Å². The number of aliphatic imine (C=N–C) groups is 1. The van der Waals surface area contributed by atoms with Crippen LogP contribution in [0.2, 0.25) is 0 Å². The number of carbonyl (C=O) groups excluding carboxylic acids is 1. The van der Waals surface area contributed by atoms with Gasteiger partial charge in [-0.2, -0.15) is 0 Å². The molecule has 0 bridgehead atoms. The molecule has 144 valence electrons. The summed E-state index contributed by atoms with van der Waals surface area (Å²) in [6.07, 6.45) is 4.77. The number of hydrogen-bond donors (Lipinski definition) is 1. The number of likely N-dealkylation sites (N-methyl/N-ethyl adjacent to an activating group) is 1.